The first-order valence-corrected chi connectivity index (χ1v) is 5.06. The monoisotopic (exact) mass is 176 g/mol. The number of rotatable bonds is 3. The summed E-state index contributed by atoms with van der Waals surface area (Å²) in [6.45, 7) is 0. The number of hydrogen-bond acceptors (Lipinski definition) is 1. The Balaban J connectivity index is 1.74. The van der Waals surface area contributed by atoms with Crippen LogP contribution in [0.4, 0.5) is 0 Å². The molecule has 1 fully saturated rings. The Morgan fingerprint density at radius 3 is 2.46 bits per heavy atom. The molecule has 0 spiro atoms. The van der Waals surface area contributed by atoms with Crippen LogP contribution in [-0.4, -0.2) is 11.2 Å². The highest BCUT2D eigenvalue weighted by atomic mass is 16.3. The van der Waals surface area contributed by atoms with Gasteiger partial charge in [-0.15, -0.1) is 0 Å². The van der Waals surface area contributed by atoms with E-state index in [9.17, 15) is 0 Å². The first-order chi connectivity index (χ1) is 6.34. The zero-order chi connectivity index (χ0) is 9.10. The van der Waals surface area contributed by atoms with Gasteiger partial charge in [0.2, 0.25) is 0 Å². The van der Waals surface area contributed by atoms with E-state index in [1.807, 2.05) is 0 Å². The summed E-state index contributed by atoms with van der Waals surface area (Å²) in [5.41, 5.74) is 1.42. The SMILES string of the molecule is OC1CC(CCc2ccccc2)C1. The van der Waals surface area contributed by atoms with E-state index in [2.05, 4.69) is 30.3 Å². The zero-order valence-electron chi connectivity index (χ0n) is 7.82. The molecule has 0 aliphatic heterocycles. The third kappa shape index (κ3) is 2.31. The minimum Gasteiger partial charge on any atom is -0.393 e. The van der Waals surface area contributed by atoms with Gasteiger partial charge < -0.3 is 5.11 Å². The van der Waals surface area contributed by atoms with Crippen molar-refractivity contribution < 1.29 is 5.11 Å². The molecular formula is C12H16O. The van der Waals surface area contributed by atoms with Crippen LogP contribution >= 0.6 is 0 Å². The van der Waals surface area contributed by atoms with E-state index in [1.54, 1.807) is 0 Å². The molecule has 1 aliphatic rings. The van der Waals surface area contributed by atoms with Crippen molar-refractivity contribution in [2.24, 2.45) is 5.92 Å². The van der Waals surface area contributed by atoms with Crippen molar-refractivity contribution in [2.45, 2.75) is 31.8 Å². The highest BCUT2D eigenvalue weighted by Gasteiger charge is 2.26. The molecule has 1 N–H and O–H groups in total. The summed E-state index contributed by atoms with van der Waals surface area (Å²) in [7, 11) is 0. The number of hydrogen-bond donors (Lipinski definition) is 1. The van der Waals surface area contributed by atoms with E-state index >= 15 is 0 Å². The fraction of sp³-hybridized carbons (Fsp3) is 0.500. The van der Waals surface area contributed by atoms with Gasteiger partial charge in [-0.05, 0) is 37.2 Å². The van der Waals surface area contributed by atoms with E-state index in [0.29, 0.717) is 0 Å². The van der Waals surface area contributed by atoms with E-state index in [1.165, 1.54) is 12.0 Å². The minimum atomic E-state index is 0.000716. The predicted molar refractivity (Wildman–Crippen MR) is 53.5 cm³/mol. The lowest BCUT2D eigenvalue weighted by Gasteiger charge is -2.31. The molecule has 13 heavy (non-hydrogen) atoms. The lowest BCUT2D eigenvalue weighted by atomic mass is 9.79. The first-order valence-electron chi connectivity index (χ1n) is 5.06. The van der Waals surface area contributed by atoms with Crippen molar-refractivity contribution >= 4 is 0 Å². The van der Waals surface area contributed by atoms with Crippen molar-refractivity contribution in [2.75, 3.05) is 0 Å². The Morgan fingerprint density at radius 2 is 1.85 bits per heavy atom. The summed E-state index contributed by atoms with van der Waals surface area (Å²) in [6.07, 6.45) is 4.44. The average Bonchev–Trinajstić information content (AvgIpc) is 2.12. The molecule has 1 aromatic rings. The van der Waals surface area contributed by atoms with Gasteiger partial charge >= 0.3 is 0 Å². The molecule has 1 aromatic carbocycles. The van der Waals surface area contributed by atoms with Crippen LogP contribution in [0.1, 0.15) is 24.8 Å². The fourth-order valence-electron chi connectivity index (χ4n) is 1.95. The smallest absolute Gasteiger partial charge is 0.0545 e. The van der Waals surface area contributed by atoms with Gasteiger partial charge in [-0.1, -0.05) is 30.3 Å². The molecular weight excluding hydrogens is 160 g/mol. The van der Waals surface area contributed by atoms with Crippen molar-refractivity contribution in [3.63, 3.8) is 0 Å². The molecule has 0 atom stereocenters. The second-order valence-corrected chi connectivity index (χ2v) is 4.02. The van der Waals surface area contributed by atoms with Gasteiger partial charge in [0.1, 0.15) is 0 Å². The molecule has 0 aromatic heterocycles. The van der Waals surface area contributed by atoms with Crippen molar-refractivity contribution in [1.29, 1.82) is 0 Å². The summed E-state index contributed by atoms with van der Waals surface area (Å²) in [6, 6.07) is 10.6. The molecule has 1 aliphatic carbocycles. The lowest BCUT2D eigenvalue weighted by molar-refractivity contribution is 0.0393. The average molecular weight is 176 g/mol. The second-order valence-electron chi connectivity index (χ2n) is 4.02. The van der Waals surface area contributed by atoms with Crippen LogP contribution in [0.2, 0.25) is 0 Å². The summed E-state index contributed by atoms with van der Waals surface area (Å²) >= 11 is 0. The number of aliphatic hydroxyl groups excluding tert-OH is 1. The maximum Gasteiger partial charge on any atom is 0.0545 e. The largest absolute Gasteiger partial charge is 0.393 e. The molecule has 0 heterocycles. The van der Waals surface area contributed by atoms with Crippen LogP contribution in [0.3, 0.4) is 0 Å². The van der Waals surface area contributed by atoms with E-state index < -0.39 is 0 Å². The number of aliphatic hydroxyl groups is 1. The summed E-state index contributed by atoms with van der Waals surface area (Å²) in [5, 5.41) is 9.12. The van der Waals surface area contributed by atoms with Gasteiger partial charge in [-0.2, -0.15) is 0 Å². The maximum absolute atomic E-state index is 9.12. The summed E-state index contributed by atoms with van der Waals surface area (Å²) in [4.78, 5) is 0. The van der Waals surface area contributed by atoms with Gasteiger partial charge in [0.25, 0.3) is 0 Å². The quantitative estimate of drug-likeness (QED) is 0.749. The minimum absolute atomic E-state index is 0.000716. The first kappa shape index (κ1) is 8.76. The maximum atomic E-state index is 9.12. The van der Waals surface area contributed by atoms with E-state index in [0.717, 1.165) is 25.2 Å². The molecule has 1 nitrogen and oxygen atoms in total. The molecule has 0 bridgehead atoms. The summed E-state index contributed by atoms with van der Waals surface area (Å²) < 4.78 is 0. The van der Waals surface area contributed by atoms with Gasteiger partial charge in [0, 0.05) is 0 Å². The van der Waals surface area contributed by atoms with E-state index in [-0.39, 0.29) is 6.10 Å². The molecule has 1 saturated carbocycles. The highest BCUT2D eigenvalue weighted by Crippen LogP contribution is 2.30. The Labute approximate surface area is 79.4 Å². The van der Waals surface area contributed by atoms with Crippen LogP contribution < -0.4 is 0 Å². The molecule has 0 unspecified atom stereocenters. The molecule has 0 saturated heterocycles. The van der Waals surface area contributed by atoms with Crippen molar-refractivity contribution in [3.05, 3.63) is 35.9 Å². The fourth-order valence-corrected chi connectivity index (χ4v) is 1.95. The molecule has 70 valence electrons. The van der Waals surface area contributed by atoms with Gasteiger partial charge in [0.05, 0.1) is 6.10 Å². The normalized spacial score (nSPS) is 26.8. The second kappa shape index (κ2) is 3.93. The Morgan fingerprint density at radius 1 is 1.15 bits per heavy atom. The Hall–Kier alpha value is -0.820. The van der Waals surface area contributed by atoms with Gasteiger partial charge in [-0.25, -0.2) is 0 Å². The molecule has 2 rings (SSSR count). The predicted octanol–water partition coefficient (Wildman–Crippen LogP) is 2.39. The molecule has 0 radical (unpaired) electrons. The van der Waals surface area contributed by atoms with Crippen LogP contribution in [0.25, 0.3) is 0 Å². The molecule has 0 amide bonds. The number of aryl methyl sites for hydroxylation is 1. The summed E-state index contributed by atoms with van der Waals surface area (Å²) in [5.74, 6) is 0.773. The Kier molecular flexibility index (Phi) is 2.65. The van der Waals surface area contributed by atoms with Crippen molar-refractivity contribution in [3.8, 4) is 0 Å². The lowest BCUT2D eigenvalue weighted by Crippen LogP contribution is -2.28. The van der Waals surface area contributed by atoms with Crippen molar-refractivity contribution in [1.82, 2.24) is 0 Å². The van der Waals surface area contributed by atoms with Crippen LogP contribution in [-0.2, 0) is 6.42 Å². The van der Waals surface area contributed by atoms with Crippen LogP contribution in [0.5, 0.6) is 0 Å². The van der Waals surface area contributed by atoms with Crippen LogP contribution in [0.15, 0.2) is 30.3 Å². The zero-order valence-corrected chi connectivity index (χ0v) is 7.82. The van der Waals surface area contributed by atoms with Gasteiger partial charge in [-0.3, -0.25) is 0 Å². The third-order valence-electron chi connectivity index (χ3n) is 2.89. The number of benzene rings is 1. The van der Waals surface area contributed by atoms with E-state index in [4.69, 9.17) is 5.11 Å². The van der Waals surface area contributed by atoms with Gasteiger partial charge in [0.15, 0.2) is 0 Å². The topological polar surface area (TPSA) is 20.2 Å². The standard InChI is InChI=1S/C12H16O/c13-12-8-11(9-12)7-6-10-4-2-1-3-5-10/h1-5,11-13H,6-9H2. The van der Waals surface area contributed by atoms with Crippen LogP contribution in [0, 0.1) is 5.92 Å². The Bertz CT molecular complexity index is 249. The molecule has 1 heteroatoms. The third-order valence-corrected chi connectivity index (χ3v) is 2.89. The highest BCUT2D eigenvalue weighted by molar-refractivity contribution is 5.14.